The SMILES string of the molecule is O=C(NC[C@@H]1CCC[C@@]2(CCN(C3CCC3)C2)O1)c1ccccc1. The fourth-order valence-corrected chi connectivity index (χ4v) is 4.40. The lowest BCUT2D eigenvalue weighted by molar-refractivity contribution is -0.120. The Kier molecular flexibility index (Phi) is 4.59. The number of benzene rings is 1. The maximum atomic E-state index is 12.2. The minimum absolute atomic E-state index is 0.00124. The molecule has 1 N–H and O–H groups in total. The summed E-state index contributed by atoms with van der Waals surface area (Å²) >= 11 is 0. The molecule has 130 valence electrons. The topological polar surface area (TPSA) is 41.6 Å². The van der Waals surface area contributed by atoms with E-state index in [0.29, 0.717) is 6.54 Å². The van der Waals surface area contributed by atoms with E-state index in [-0.39, 0.29) is 17.6 Å². The van der Waals surface area contributed by atoms with Crippen molar-refractivity contribution in [1.82, 2.24) is 10.2 Å². The van der Waals surface area contributed by atoms with E-state index >= 15 is 0 Å². The van der Waals surface area contributed by atoms with Crippen LogP contribution in [0.2, 0.25) is 0 Å². The van der Waals surface area contributed by atoms with E-state index in [2.05, 4.69) is 10.2 Å². The first-order valence-corrected chi connectivity index (χ1v) is 9.49. The number of hydrogen-bond donors (Lipinski definition) is 1. The minimum atomic E-state index is 0.00124. The van der Waals surface area contributed by atoms with Crippen LogP contribution in [0, 0.1) is 0 Å². The van der Waals surface area contributed by atoms with Crippen molar-refractivity contribution in [2.75, 3.05) is 19.6 Å². The molecule has 4 heteroatoms. The second-order valence-electron chi connectivity index (χ2n) is 7.70. The Morgan fingerprint density at radius 3 is 2.75 bits per heavy atom. The van der Waals surface area contributed by atoms with E-state index in [1.165, 1.54) is 38.6 Å². The number of nitrogens with one attached hydrogen (secondary N) is 1. The number of carbonyl (C=O) groups excluding carboxylic acids is 1. The molecule has 2 saturated heterocycles. The van der Waals surface area contributed by atoms with Crippen LogP contribution in [0.5, 0.6) is 0 Å². The second kappa shape index (κ2) is 6.85. The lowest BCUT2D eigenvalue weighted by atomic mass is 9.89. The number of nitrogens with zero attached hydrogens (tertiary/aromatic N) is 1. The third kappa shape index (κ3) is 3.35. The van der Waals surface area contributed by atoms with Gasteiger partial charge in [0.05, 0.1) is 11.7 Å². The average molecular weight is 328 g/mol. The van der Waals surface area contributed by atoms with Gasteiger partial charge in [-0.1, -0.05) is 24.6 Å². The fraction of sp³-hybridized carbons (Fsp3) is 0.650. The zero-order valence-corrected chi connectivity index (χ0v) is 14.4. The van der Waals surface area contributed by atoms with Gasteiger partial charge in [0, 0.05) is 31.2 Å². The molecule has 1 spiro atoms. The van der Waals surface area contributed by atoms with Gasteiger partial charge in [-0.2, -0.15) is 0 Å². The molecule has 1 aliphatic carbocycles. The van der Waals surface area contributed by atoms with Crippen molar-refractivity contribution in [1.29, 1.82) is 0 Å². The molecule has 0 radical (unpaired) electrons. The molecular formula is C20H28N2O2. The number of rotatable bonds is 4. The zero-order valence-electron chi connectivity index (χ0n) is 14.4. The van der Waals surface area contributed by atoms with Crippen LogP contribution in [0.15, 0.2) is 30.3 Å². The molecule has 0 aromatic heterocycles. The van der Waals surface area contributed by atoms with E-state index in [0.717, 1.165) is 31.0 Å². The minimum Gasteiger partial charge on any atom is -0.369 e. The molecule has 4 nitrogen and oxygen atoms in total. The highest BCUT2D eigenvalue weighted by Crippen LogP contribution is 2.39. The first-order valence-electron chi connectivity index (χ1n) is 9.49. The van der Waals surface area contributed by atoms with Crippen molar-refractivity contribution in [3.05, 3.63) is 35.9 Å². The molecule has 1 aromatic rings. The summed E-state index contributed by atoms with van der Waals surface area (Å²) in [6, 6.07) is 10.2. The summed E-state index contributed by atoms with van der Waals surface area (Å²) in [5.41, 5.74) is 0.774. The highest BCUT2D eigenvalue weighted by molar-refractivity contribution is 5.94. The molecular weight excluding hydrogens is 300 g/mol. The van der Waals surface area contributed by atoms with E-state index in [1.807, 2.05) is 30.3 Å². The molecule has 2 atom stereocenters. The van der Waals surface area contributed by atoms with Crippen molar-refractivity contribution in [3.8, 4) is 0 Å². The third-order valence-electron chi connectivity index (χ3n) is 6.04. The molecule has 1 saturated carbocycles. The molecule has 1 amide bonds. The quantitative estimate of drug-likeness (QED) is 0.924. The van der Waals surface area contributed by atoms with Gasteiger partial charge in [0.15, 0.2) is 0 Å². The van der Waals surface area contributed by atoms with Gasteiger partial charge in [0.2, 0.25) is 0 Å². The van der Waals surface area contributed by atoms with Gasteiger partial charge in [0.25, 0.3) is 5.91 Å². The standard InChI is InChI=1S/C20H28N2O2/c23-19(16-6-2-1-3-7-16)21-14-18-10-5-11-20(24-18)12-13-22(15-20)17-8-4-9-17/h1-3,6-7,17-18H,4-5,8-15H2,(H,21,23)/t18-,20-/m0/s1. The van der Waals surface area contributed by atoms with Crippen LogP contribution < -0.4 is 5.32 Å². The van der Waals surface area contributed by atoms with Crippen LogP contribution in [0.1, 0.15) is 55.3 Å². The molecule has 3 fully saturated rings. The number of likely N-dealkylation sites (tertiary alicyclic amines) is 1. The van der Waals surface area contributed by atoms with Gasteiger partial charge in [0.1, 0.15) is 0 Å². The summed E-state index contributed by atoms with van der Waals surface area (Å²) < 4.78 is 6.51. The largest absolute Gasteiger partial charge is 0.369 e. The highest BCUT2D eigenvalue weighted by atomic mass is 16.5. The van der Waals surface area contributed by atoms with Crippen molar-refractivity contribution in [2.45, 2.75) is 62.7 Å². The maximum Gasteiger partial charge on any atom is 0.251 e. The van der Waals surface area contributed by atoms with Crippen LogP contribution in [0.25, 0.3) is 0 Å². The van der Waals surface area contributed by atoms with Gasteiger partial charge in [-0.25, -0.2) is 0 Å². The Balaban J connectivity index is 1.30. The maximum absolute atomic E-state index is 12.2. The van der Waals surface area contributed by atoms with Crippen molar-refractivity contribution in [2.24, 2.45) is 0 Å². The Hall–Kier alpha value is -1.39. The molecule has 2 heterocycles. The van der Waals surface area contributed by atoms with Crippen LogP contribution in [-0.2, 0) is 4.74 Å². The summed E-state index contributed by atoms with van der Waals surface area (Å²) in [5, 5.41) is 3.05. The highest BCUT2D eigenvalue weighted by Gasteiger charge is 2.45. The Labute approximate surface area is 144 Å². The average Bonchev–Trinajstić information content (AvgIpc) is 2.94. The third-order valence-corrected chi connectivity index (χ3v) is 6.04. The number of amides is 1. The van der Waals surface area contributed by atoms with Gasteiger partial charge in [-0.05, 0) is 50.7 Å². The predicted molar refractivity (Wildman–Crippen MR) is 94.1 cm³/mol. The lowest BCUT2D eigenvalue weighted by Gasteiger charge is -2.41. The number of ether oxygens (including phenoxy) is 1. The van der Waals surface area contributed by atoms with Crippen LogP contribution in [0.3, 0.4) is 0 Å². The summed E-state index contributed by atoms with van der Waals surface area (Å²) in [5.74, 6) is 0.00124. The summed E-state index contributed by atoms with van der Waals surface area (Å²) in [7, 11) is 0. The van der Waals surface area contributed by atoms with Crippen molar-refractivity contribution in [3.63, 3.8) is 0 Å². The summed E-state index contributed by atoms with van der Waals surface area (Å²) in [6.45, 7) is 2.91. The van der Waals surface area contributed by atoms with Gasteiger partial charge >= 0.3 is 0 Å². The smallest absolute Gasteiger partial charge is 0.251 e. The van der Waals surface area contributed by atoms with E-state index in [4.69, 9.17) is 4.74 Å². The first kappa shape index (κ1) is 16.1. The molecule has 0 unspecified atom stereocenters. The van der Waals surface area contributed by atoms with Crippen LogP contribution >= 0.6 is 0 Å². The summed E-state index contributed by atoms with van der Waals surface area (Å²) in [4.78, 5) is 14.9. The predicted octanol–water partition coefficient (Wildman–Crippen LogP) is 2.98. The van der Waals surface area contributed by atoms with Gasteiger partial charge in [-0.15, -0.1) is 0 Å². The van der Waals surface area contributed by atoms with Crippen molar-refractivity contribution < 1.29 is 9.53 Å². The van der Waals surface area contributed by atoms with Gasteiger partial charge < -0.3 is 10.1 Å². The summed E-state index contributed by atoms with van der Waals surface area (Å²) in [6.07, 6.45) is 8.90. The van der Waals surface area contributed by atoms with E-state index < -0.39 is 0 Å². The monoisotopic (exact) mass is 328 g/mol. The molecule has 24 heavy (non-hydrogen) atoms. The normalized spacial score (nSPS) is 31.1. The second-order valence-corrected chi connectivity index (χ2v) is 7.70. The lowest BCUT2D eigenvalue weighted by Crippen LogP contribution is -2.48. The Morgan fingerprint density at radius 2 is 2.00 bits per heavy atom. The van der Waals surface area contributed by atoms with Crippen LogP contribution in [-0.4, -0.2) is 48.2 Å². The number of hydrogen-bond acceptors (Lipinski definition) is 3. The first-order chi connectivity index (χ1) is 11.7. The van der Waals surface area contributed by atoms with Crippen molar-refractivity contribution >= 4 is 5.91 Å². The molecule has 2 aliphatic heterocycles. The molecule has 1 aromatic carbocycles. The Bertz CT molecular complexity index is 572. The van der Waals surface area contributed by atoms with Crippen LogP contribution in [0.4, 0.5) is 0 Å². The van der Waals surface area contributed by atoms with E-state index in [9.17, 15) is 4.79 Å². The Morgan fingerprint density at radius 1 is 1.17 bits per heavy atom. The van der Waals surface area contributed by atoms with Gasteiger partial charge in [-0.3, -0.25) is 9.69 Å². The molecule has 4 rings (SSSR count). The van der Waals surface area contributed by atoms with E-state index in [1.54, 1.807) is 0 Å². The fourth-order valence-electron chi connectivity index (χ4n) is 4.40. The molecule has 0 bridgehead atoms. The molecule has 3 aliphatic rings. The zero-order chi connectivity index (χ0) is 16.4. The number of carbonyl (C=O) groups is 1.